The Morgan fingerprint density at radius 3 is 2.29 bits per heavy atom. The molecular formula is C26H23Cl2N5OS. The van der Waals surface area contributed by atoms with Crippen LogP contribution in [0.3, 0.4) is 0 Å². The number of nitrogens with zero attached hydrogens (tertiary/aromatic N) is 4. The number of aryl methyl sites for hydroxylation is 2. The lowest BCUT2D eigenvalue weighted by Crippen LogP contribution is -2.21. The minimum absolute atomic E-state index is 0.114. The fourth-order valence-corrected chi connectivity index (χ4v) is 4.62. The topological polar surface area (TPSA) is 72.2 Å². The van der Waals surface area contributed by atoms with Crippen molar-refractivity contribution in [3.05, 3.63) is 93.5 Å². The lowest BCUT2D eigenvalue weighted by Gasteiger charge is -2.11. The van der Waals surface area contributed by atoms with E-state index < -0.39 is 0 Å². The Kier molecular flexibility index (Phi) is 7.90. The van der Waals surface area contributed by atoms with Gasteiger partial charge >= 0.3 is 0 Å². The molecular weight excluding hydrogens is 501 g/mol. The lowest BCUT2D eigenvalue weighted by molar-refractivity contribution is -0.118. The smallest absolute Gasteiger partial charge is 0.250 e. The standard InChI is InChI=1S/C26H23Cl2N5OS/c1-16-4-8-19(9-5-16)25-31-32-26(33(25)21-11-6-17(2)7-12-21)35-15-24(34)30-29-18(3)22-13-10-20(27)14-23(22)28/h4-14H,15H2,1-3H3,(H,30,34)/b29-18-. The quantitative estimate of drug-likeness (QED) is 0.170. The van der Waals surface area contributed by atoms with E-state index in [9.17, 15) is 4.79 Å². The molecule has 1 aromatic heterocycles. The summed E-state index contributed by atoms with van der Waals surface area (Å²) < 4.78 is 1.96. The van der Waals surface area contributed by atoms with Crippen molar-refractivity contribution >= 4 is 46.6 Å². The van der Waals surface area contributed by atoms with Gasteiger partial charge in [-0.15, -0.1) is 10.2 Å². The van der Waals surface area contributed by atoms with Gasteiger partial charge in [-0.3, -0.25) is 9.36 Å². The van der Waals surface area contributed by atoms with E-state index in [2.05, 4.69) is 20.7 Å². The predicted octanol–water partition coefficient (Wildman–Crippen LogP) is 6.49. The average molecular weight is 524 g/mol. The van der Waals surface area contributed by atoms with Crippen molar-refractivity contribution in [1.82, 2.24) is 20.2 Å². The van der Waals surface area contributed by atoms with Gasteiger partial charge in [-0.2, -0.15) is 5.10 Å². The Bertz CT molecular complexity index is 1380. The molecule has 0 aliphatic heterocycles. The van der Waals surface area contributed by atoms with Gasteiger partial charge in [0.25, 0.3) is 5.91 Å². The summed E-state index contributed by atoms with van der Waals surface area (Å²) in [4.78, 5) is 12.5. The first-order chi connectivity index (χ1) is 16.8. The van der Waals surface area contributed by atoms with Gasteiger partial charge in [0, 0.05) is 21.8 Å². The summed E-state index contributed by atoms with van der Waals surface area (Å²) in [6, 6.07) is 21.4. The number of aromatic nitrogens is 3. The van der Waals surface area contributed by atoms with Gasteiger partial charge in [0.05, 0.1) is 16.5 Å². The Morgan fingerprint density at radius 1 is 0.971 bits per heavy atom. The van der Waals surface area contributed by atoms with Crippen molar-refractivity contribution in [2.75, 3.05) is 5.75 Å². The molecule has 35 heavy (non-hydrogen) atoms. The van der Waals surface area contributed by atoms with E-state index in [4.69, 9.17) is 23.2 Å². The third-order valence-corrected chi connectivity index (χ3v) is 6.71. The molecule has 0 bridgehead atoms. The molecule has 0 saturated heterocycles. The van der Waals surface area contributed by atoms with Crippen molar-refractivity contribution in [3.63, 3.8) is 0 Å². The molecule has 6 nitrogen and oxygen atoms in total. The van der Waals surface area contributed by atoms with Crippen molar-refractivity contribution < 1.29 is 4.79 Å². The third-order valence-electron chi connectivity index (χ3n) is 5.24. The summed E-state index contributed by atoms with van der Waals surface area (Å²) in [6.45, 7) is 5.85. The van der Waals surface area contributed by atoms with E-state index in [-0.39, 0.29) is 11.7 Å². The molecule has 0 saturated carbocycles. The Balaban J connectivity index is 1.53. The molecule has 0 atom stereocenters. The van der Waals surface area contributed by atoms with Gasteiger partial charge in [0.1, 0.15) is 0 Å². The van der Waals surface area contributed by atoms with Crippen LogP contribution in [-0.2, 0) is 4.79 Å². The van der Waals surface area contributed by atoms with Crippen LogP contribution in [0.5, 0.6) is 0 Å². The summed E-state index contributed by atoms with van der Waals surface area (Å²) in [6.07, 6.45) is 0. The van der Waals surface area contributed by atoms with Gasteiger partial charge in [-0.05, 0) is 45.0 Å². The maximum absolute atomic E-state index is 12.5. The molecule has 4 rings (SSSR count). The van der Waals surface area contributed by atoms with Crippen LogP contribution in [0.15, 0.2) is 77.0 Å². The molecule has 0 fully saturated rings. The van der Waals surface area contributed by atoms with Gasteiger partial charge < -0.3 is 0 Å². The second-order valence-electron chi connectivity index (χ2n) is 7.99. The van der Waals surface area contributed by atoms with E-state index in [1.54, 1.807) is 25.1 Å². The second-order valence-corrected chi connectivity index (χ2v) is 9.77. The number of rotatable bonds is 7. The lowest BCUT2D eigenvalue weighted by atomic mass is 10.1. The van der Waals surface area contributed by atoms with Gasteiger partial charge in [0.2, 0.25) is 0 Å². The number of nitrogens with one attached hydrogen (secondary N) is 1. The largest absolute Gasteiger partial charge is 0.272 e. The molecule has 0 radical (unpaired) electrons. The van der Waals surface area contributed by atoms with Crippen LogP contribution >= 0.6 is 35.0 Å². The zero-order chi connectivity index (χ0) is 24.9. The summed E-state index contributed by atoms with van der Waals surface area (Å²) in [5.74, 6) is 0.557. The molecule has 0 spiro atoms. The van der Waals surface area contributed by atoms with E-state index in [0.717, 1.165) is 22.4 Å². The van der Waals surface area contributed by atoms with Crippen LogP contribution in [0.4, 0.5) is 0 Å². The normalized spacial score (nSPS) is 11.5. The first kappa shape index (κ1) is 25.0. The fourth-order valence-electron chi connectivity index (χ4n) is 3.33. The number of carbonyl (C=O) groups excluding carboxylic acids is 1. The summed E-state index contributed by atoms with van der Waals surface area (Å²) in [5.41, 5.74) is 8.05. The molecule has 0 aliphatic rings. The highest BCUT2D eigenvalue weighted by Crippen LogP contribution is 2.28. The van der Waals surface area contributed by atoms with Crippen molar-refractivity contribution in [3.8, 4) is 17.1 Å². The average Bonchev–Trinajstić information content (AvgIpc) is 3.26. The molecule has 4 aromatic rings. The van der Waals surface area contributed by atoms with Crippen LogP contribution < -0.4 is 5.43 Å². The molecule has 0 aliphatic carbocycles. The second kappa shape index (κ2) is 11.1. The Morgan fingerprint density at radius 2 is 1.63 bits per heavy atom. The molecule has 178 valence electrons. The Hall–Kier alpha value is -3.13. The molecule has 0 unspecified atom stereocenters. The number of thioether (sulfide) groups is 1. The maximum Gasteiger partial charge on any atom is 0.250 e. The molecule has 1 heterocycles. The first-order valence-corrected chi connectivity index (χ1v) is 12.6. The fraction of sp³-hybridized carbons (Fsp3) is 0.154. The van der Waals surface area contributed by atoms with Crippen LogP contribution in [-0.4, -0.2) is 32.1 Å². The molecule has 3 aromatic carbocycles. The van der Waals surface area contributed by atoms with E-state index in [1.165, 1.54) is 11.8 Å². The SMILES string of the molecule is C/C(=N/NC(=O)CSc1nnc(-c2ccc(C)cc2)n1-c1ccc(C)cc1)c1ccc(Cl)cc1Cl. The predicted molar refractivity (Wildman–Crippen MR) is 144 cm³/mol. The highest BCUT2D eigenvalue weighted by molar-refractivity contribution is 7.99. The van der Waals surface area contributed by atoms with Crippen LogP contribution in [0.1, 0.15) is 23.6 Å². The highest BCUT2D eigenvalue weighted by Gasteiger charge is 2.17. The number of benzene rings is 3. The zero-order valence-corrected chi connectivity index (χ0v) is 21.7. The van der Waals surface area contributed by atoms with Crippen LogP contribution in [0.25, 0.3) is 17.1 Å². The van der Waals surface area contributed by atoms with Crippen LogP contribution in [0.2, 0.25) is 10.0 Å². The number of hydrazone groups is 1. The zero-order valence-electron chi connectivity index (χ0n) is 19.4. The highest BCUT2D eigenvalue weighted by atomic mass is 35.5. The van der Waals surface area contributed by atoms with Gasteiger partial charge in [0.15, 0.2) is 11.0 Å². The summed E-state index contributed by atoms with van der Waals surface area (Å²) in [7, 11) is 0. The number of halogens is 2. The Labute approximate surface area is 218 Å². The van der Waals surface area contributed by atoms with E-state index in [0.29, 0.717) is 32.3 Å². The number of hydrogen-bond acceptors (Lipinski definition) is 5. The molecule has 1 N–H and O–H groups in total. The van der Waals surface area contributed by atoms with Crippen LogP contribution in [0, 0.1) is 13.8 Å². The minimum atomic E-state index is -0.269. The van der Waals surface area contributed by atoms with Crippen molar-refractivity contribution in [2.24, 2.45) is 5.10 Å². The molecule has 9 heteroatoms. The molecule has 1 amide bonds. The van der Waals surface area contributed by atoms with Crippen molar-refractivity contribution in [1.29, 1.82) is 0 Å². The third kappa shape index (κ3) is 6.11. The van der Waals surface area contributed by atoms with Crippen molar-refractivity contribution in [2.45, 2.75) is 25.9 Å². The number of amides is 1. The van der Waals surface area contributed by atoms with E-state index in [1.807, 2.05) is 66.9 Å². The van der Waals surface area contributed by atoms with Gasteiger partial charge in [-0.25, -0.2) is 5.43 Å². The first-order valence-electron chi connectivity index (χ1n) is 10.8. The van der Waals surface area contributed by atoms with E-state index >= 15 is 0 Å². The number of hydrogen-bond donors (Lipinski definition) is 1. The number of carbonyl (C=O) groups is 1. The minimum Gasteiger partial charge on any atom is -0.272 e. The maximum atomic E-state index is 12.5. The summed E-state index contributed by atoms with van der Waals surface area (Å²) in [5, 5.41) is 14.6. The monoisotopic (exact) mass is 523 g/mol. The van der Waals surface area contributed by atoms with Gasteiger partial charge in [-0.1, -0.05) is 88.6 Å². The summed E-state index contributed by atoms with van der Waals surface area (Å²) >= 11 is 13.5.